The molecule has 7 heteroatoms. The molecule has 0 aliphatic carbocycles. The number of likely N-dealkylation sites (tertiary alicyclic amines) is 1. The molecule has 1 aromatic rings. The zero-order valence-corrected chi connectivity index (χ0v) is 11.2. The van der Waals surface area contributed by atoms with Crippen molar-refractivity contribution in [1.82, 2.24) is 9.88 Å². The van der Waals surface area contributed by atoms with Gasteiger partial charge < -0.3 is 16.0 Å². The molecular weight excluding hydrogens is 246 g/mol. The molecule has 0 spiro atoms. The Bertz CT molecular complexity index is 479. The Labute approximate surface area is 112 Å². The Balaban J connectivity index is 2.07. The summed E-state index contributed by atoms with van der Waals surface area (Å²) < 4.78 is 0. The van der Waals surface area contributed by atoms with Gasteiger partial charge in [0.15, 0.2) is 0 Å². The highest BCUT2D eigenvalue weighted by Crippen LogP contribution is 2.24. The van der Waals surface area contributed by atoms with Gasteiger partial charge in [-0.2, -0.15) is 0 Å². The molecule has 1 saturated heterocycles. The molecular formula is C12H19N5O2. The number of nitro groups is 1. The maximum Gasteiger partial charge on any atom is 0.311 e. The third-order valence-corrected chi connectivity index (χ3v) is 3.54. The number of aromatic nitrogens is 1. The Morgan fingerprint density at radius 2 is 2.32 bits per heavy atom. The SMILES string of the molecule is CC1CN(C)CCC1Nc1ccc([N+](=O)[O-])c(N)n1. The van der Waals surface area contributed by atoms with Crippen LogP contribution in [-0.4, -0.2) is 41.0 Å². The highest BCUT2D eigenvalue weighted by molar-refractivity contribution is 5.57. The van der Waals surface area contributed by atoms with Crippen molar-refractivity contribution in [2.24, 2.45) is 5.92 Å². The molecule has 7 nitrogen and oxygen atoms in total. The highest BCUT2D eigenvalue weighted by Gasteiger charge is 2.24. The molecule has 3 N–H and O–H groups in total. The lowest BCUT2D eigenvalue weighted by atomic mass is 9.94. The summed E-state index contributed by atoms with van der Waals surface area (Å²) in [5.74, 6) is 1.05. The molecule has 0 amide bonds. The van der Waals surface area contributed by atoms with Gasteiger partial charge in [0, 0.05) is 18.7 Å². The first kappa shape index (κ1) is 13.5. The number of rotatable bonds is 3. The number of piperidine rings is 1. The van der Waals surface area contributed by atoms with Crippen LogP contribution in [0.4, 0.5) is 17.3 Å². The number of nitrogens with two attached hydrogens (primary N) is 1. The summed E-state index contributed by atoms with van der Waals surface area (Å²) in [7, 11) is 2.11. The van der Waals surface area contributed by atoms with Gasteiger partial charge >= 0.3 is 5.69 Å². The van der Waals surface area contributed by atoms with Crippen LogP contribution < -0.4 is 11.1 Å². The molecule has 1 aliphatic heterocycles. The van der Waals surface area contributed by atoms with Gasteiger partial charge in [0.1, 0.15) is 5.82 Å². The average molecular weight is 265 g/mol. The fourth-order valence-electron chi connectivity index (χ4n) is 2.46. The quantitative estimate of drug-likeness (QED) is 0.632. The van der Waals surface area contributed by atoms with Crippen molar-refractivity contribution in [3.8, 4) is 0 Å². The molecule has 0 bridgehead atoms. The molecule has 0 aromatic carbocycles. The Kier molecular flexibility index (Phi) is 3.84. The number of nitrogen functional groups attached to an aromatic ring is 1. The number of hydrogen-bond acceptors (Lipinski definition) is 6. The van der Waals surface area contributed by atoms with Gasteiger partial charge in [-0.05, 0) is 32.0 Å². The predicted molar refractivity (Wildman–Crippen MR) is 74.0 cm³/mol. The smallest absolute Gasteiger partial charge is 0.311 e. The number of nitrogens with one attached hydrogen (secondary N) is 1. The van der Waals surface area contributed by atoms with E-state index in [1.165, 1.54) is 6.07 Å². The van der Waals surface area contributed by atoms with E-state index in [0.29, 0.717) is 17.8 Å². The van der Waals surface area contributed by atoms with Gasteiger partial charge in [0.05, 0.1) is 4.92 Å². The van der Waals surface area contributed by atoms with E-state index >= 15 is 0 Å². The van der Waals surface area contributed by atoms with Gasteiger partial charge in [-0.25, -0.2) is 4.98 Å². The van der Waals surface area contributed by atoms with E-state index in [9.17, 15) is 10.1 Å². The molecule has 2 unspecified atom stereocenters. The topological polar surface area (TPSA) is 97.3 Å². The van der Waals surface area contributed by atoms with Crippen molar-refractivity contribution in [2.45, 2.75) is 19.4 Å². The molecule has 104 valence electrons. The number of pyridine rings is 1. The van der Waals surface area contributed by atoms with E-state index in [-0.39, 0.29) is 11.5 Å². The third kappa shape index (κ3) is 3.11. The zero-order chi connectivity index (χ0) is 14.0. The Morgan fingerprint density at radius 3 is 2.89 bits per heavy atom. The van der Waals surface area contributed by atoms with Crippen molar-refractivity contribution in [2.75, 3.05) is 31.2 Å². The Morgan fingerprint density at radius 1 is 1.58 bits per heavy atom. The molecule has 2 rings (SSSR count). The van der Waals surface area contributed by atoms with E-state index < -0.39 is 4.92 Å². The van der Waals surface area contributed by atoms with Gasteiger partial charge in [-0.15, -0.1) is 0 Å². The first-order valence-corrected chi connectivity index (χ1v) is 6.33. The molecule has 0 radical (unpaired) electrons. The fourth-order valence-corrected chi connectivity index (χ4v) is 2.46. The van der Waals surface area contributed by atoms with Crippen LogP contribution in [-0.2, 0) is 0 Å². The highest BCUT2D eigenvalue weighted by atomic mass is 16.6. The molecule has 2 heterocycles. The van der Waals surface area contributed by atoms with Crippen LogP contribution >= 0.6 is 0 Å². The van der Waals surface area contributed by atoms with Crippen molar-refractivity contribution < 1.29 is 4.92 Å². The van der Waals surface area contributed by atoms with Gasteiger partial charge in [0.2, 0.25) is 5.82 Å². The minimum atomic E-state index is -0.524. The average Bonchev–Trinajstić information content (AvgIpc) is 2.32. The maximum absolute atomic E-state index is 10.7. The summed E-state index contributed by atoms with van der Waals surface area (Å²) in [6, 6.07) is 3.33. The summed E-state index contributed by atoms with van der Waals surface area (Å²) >= 11 is 0. The fraction of sp³-hybridized carbons (Fsp3) is 0.583. The Hall–Kier alpha value is -1.89. The second kappa shape index (κ2) is 5.40. The number of nitrogens with zero attached hydrogens (tertiary/aromatic N) is 3. The molecule has 0 saturated carbocycles. The van der Waals surface area contributed by atoms with Crippen LogP contribution in [0.2, 0.25) is 0 Å². The summed E-state index contributed by atoms with van der Waals surface area (Å²) in [6.07, 6.45) is 1.02. The van der Waals surface area contributed by atoms with Crippen LogP contribution in [0, 0.1) is 16.0 Å². The lowest BCUT2D eigenvalue weighted by Crippen LogP contribution is -2.43. The minimum Gasteiger partial charge on any atom is -0.378 e. The molecule has 1 fully saturated rings. The van der Waals surface area contributed by atoms with Crippen LogP contribution in [0.25, 0.3) is 0 Å². The van der Waals surface area contributed by atoms with Crippen LogP contribution in [0.1, 0.15) is 13.3 Å². The predicted octanol–water partition coefficient (Wildman–Crippen LogP) is 1.32. The molecule has 1 aliphatic rings. The summed E-state index contributed by atoms with van der Waals surface area (Å²) in [6.45, 7) is 4.24. The summed E-state index contributed by atoms with van der Waals surface area (Å²) in [5, 5.41) is 14.0. The third-order valence-electron chi connectivity index (χ3n) is 3.54. The zero-order valence-electron chi connectivity index (χ0n) is 11.2. The minimum absolute atomic E-state index is 0.0458. The first-order chi connectivity index (χ1) is 8.97. The molecule has 19 heavy (non-hydrogen) atoms. The van der Waals surface area contributed by atoms with Crippen molar-refractivity contribution in [3.63, 3.8) is 0 Å². The van der Waals surface area contributed by atoms with Crippen LogP contribution in [0.3, 0.4) is 0 Å². The van der Waals surface area contributed by atoms with Crippen molar-refractivity contribution in [3.05, 3.63) is 22.2 Å². The largest absolute Gasteiger partial charge is 0.378 e. The second-order valence-corrected chi connectivity index (χ2v) is 5.14. The van der Waals surface area contributed by atoms with Crippen LogP contribution in [0.5, 0.6) is 0 Å². The lowest BCUT2D eigenvalue weighted by molar-refractivity contribution is -0.384. The standard InChI is InChI=1S/C12H19N5O2/c1-8-7-16(2)6-5-9(8)14-11-4-3-10(17(18)19)12(13)15-11/h3-4,8-9H,5-7H2,1-2H3,(H3,13,14,15). The van der Waals surface area contributed by atoms with Crippen molar-refractivity contribution in [1.29, 1.82) is 0 Å². The normalized spacial score (nSPS) is 24.1. The first-order valence-electron chi connectivity index (χ1n) is 6.33. The van der Waals surface area contributed by atoms with E-state index in [0.717, 1.165) is 19.5 Å². The monoisotopic (exact) mass is 265 g/mol. The van der Waals surface area contributed by atoms with Crippen LogP contribution in [0.15, 0.2) is 12.1 Å². The summed E-state index contributed by atoms with van der Waals surface area (Å²) in [4.78, 5) is 16.5. The van der Waals surface area contributed by atoms with E-state index in [2.05, 4.69) is 29.2 Å². The number of anilines is 2. The number of hydrogen-bond donors (Lipinski definition) is 2. The van der Waals surface area contributed by atoms with Gasteiger partial charge in [-0.1, -0.05) is 6.92 Å². The second-order valence-electron chi connectivity index (χ2n) is 5.14. The molecule has 2 atom stereocenters. The lowest BCUT2D eigenvalue weighted by Gasteiger charge is -2.35. The molecule has 1 aromatic heterocycles. The van der Waals surface area contributed by atoms with Gasteiger partial charge in [-0.3, -0.25) is 10.1 Å². The van der Waals surface area contributed by atoms with E-state index in [1.807, 2.05) is 0 Å². The van der Waals surface area contributed by atoms with E-state index in [4.69, 9.17) is 5.73 Å². The maximum atomic E-state index is 10.7. The van der Waals surface area contributed by atoms with Gasteiger partial charge in [0.25, 0.3) is 0 Å². The summed E-state index contributed by atoms with van der Waals surface area (Å²) in [5.41, 5.74) is 5.43. The van der Waals surface area contributed by atoms with E-state index in [1.54, 1.807) is 6.07 Å². The van der Waals surface area contributed by atoms with Crippen molar-refractivity contribution >= 4 is 17.3 Å².